The summed E-state index contributed by atoms with van der Waals surface area (Å²) in [6.07, 6.45) is 5.49. The molecule has 0 amide bonds. The third-order valence-corrected chi connectivity index (χ3v) is 4.80. The highest BCUT2D eigenvalue weighted by atomic mass is 16.1. The number of H-pyrrole nitrogens is 1. The van der Waals surface area contributed by atoms with Crippen molar-refractivity contribution < 1.29 is 4.79 Å². The zero-order chi connectivity index (χ0) is 12.8. The van der Waals surface area contributed by atoms with E-state index in [2.05, 4.69) is 9.88 Å². The number of para-hydroxylation sites is 1. The minimum atomic E-state index is 0.117. The second kappa shape index (κ2) is 4.20. The van der Waals surface area contributed by atoms with Crippen molar-refractivity contribution in [2.75, 3.05) is 13.1 Å². The largest absolute Gasteiger partial charge is 0.360 e. The van der Waals surface area contributed by atoms with Crippen LogP contribution in [0.15, 0.2) is 30.5 Å². The van der Waals surface area contributed by atoms with Gasteiger partial charge in [0.1, 0.15) is 0 Å². The number of fused-ring (bicyclic) bond motifs is 4. The normalized spacial score (nSPS) is 29.8. The lowest BCUT2D eigenvalue weighted by Crippen LogP contribution is -2.52. The van der Waals surface area contributed by atoms with Crippen molar-refractivity contribution in [3.05, 3.63) is 36.0 Å². The lowest BCUT2D eigenvalue weighted by Gasteiger charge is -2.44. The van der Waals surface area contributed by atoms with E-state index in [0.717, 1.165) is 41.9 Å². The SMILES string of the molecule is O=C(c1c[nH]c2ccccc12)C1CC2CCN1CC2. The van der Waals surface area contributed by atoms with Gasteiger partial charge in [-0.3, -0.25) is 9.69 Å². The van der Waals surface area contributed by atoms with Gasteiger partial charge in [0.25, 0.3) is 0 Å². The quantitative estimate of drug-likeness (QED) is 0.837. The minimum Gasteiger partial charge on any atom is -0.360 e. The van der Waals surface area contributed by atoms with Crippen LogP contribution in [0.25, 0.3) is 10.9 Å². The molecule has 19 heavy (non-hydrogen) atoms. The van der Waals surface area contributed by atoms with E-state index in [4.69, 9.17) is 0 Å². The fraction of sp³-hybridized carbons (Fsp3) is 0.438. The monoisotopic (exact) mass is 254 g/mol. The lowest BCUT2D eigenvalue weighted by molar-refractivity contribution is 0.0408. The number of hydrogen-bond donors (Lipinski definition) is 1. The number of benzene rings is 1. The van der Waals surface area contributed by atoms with Crippen molar-refractivity contribution in [2.24, 2.45) is 5.92 Å². The van der Waals surface area contributed by atoms with E-state index in [-0.39, 0.29) is 6.04 Å². The summed E-state index contributed by atoms with van der Waals surface area (Å²) in [4.78, 5) is 18.4. The summed E-state index contributed by atoms with van der Waals surface area (Å²) in [7, 11) is 0. The Morgan fingerprint density at radius 3 is 2.74 bits per heavy atom. The number of piperidine rings is 3. The number of ketones is 1. The summed E-state index contributed by atoms with van der Waals surface area (Å²) in [5.74, 6) is 1.08. The Balaban J connectivity index is 1.70. The molecular weight excluding hydrogens is 236 g/mol. The number of Topliss-reactive ketones (excluding diaryl/α,β-unsaturated/α-hetero) is 1. The second-order valence-corrected chi connectivity index (χ2v) is 5.84. The molecule has 3 fully saturated rings. The number of nitrogens with one attached hydrogen (secondary N) is 1. The number of carbonyl (C=O) groups excluding carboxylic acids is 1. The van der Waals surface area contributed by atoms with Crippen LogP contribution in [-0.4, -0.2) is 34.8 Å². The number of carbonyl (C=O) groups is 1. The van der Waals surface area contributed by atoms with Crippen molar-refractivity contribution >= 4 is 16.7 Å². The summed E-state index contributed by atoms with van der Waals surface area (Å²) in [6.45, 7) is 2.20. The van der Waals surface area contributed by atoms with Crippen molar-refractivity contribution in [2.45, 2.75) is 25.3 Å². The molecule has 0 spiro atoms. The molecule has 2 bridgehead atoms. The number of hydrogen-bond acceptors (Lipinski definition) is 2. The summed E-state index contributed by atoms with van der Waals surface area (Å²) < 4.78 is 0. The Morgan fingerprint density at radius 2 is 2.00 bits per heavy atom. The average molecular weight is 254 g/mol. The van der Waals surface area contributed by atoms with E-state index < -0.39 is 0 Å². The van der Waals surface area contributed by atoms with E-state index in [1.165, 1.54) is 12.8 Å². The summed E-state index contributed by atoms with van der Waals surface area (Å²) in [6, 6.07) is 8.18. The zero-order valence-corrected chi connectivity index (χ0v) is 10.9. The van der Waals surface area contributed by atoms with Crippen LogP contribution in [0.4, 0.5) is 0 Å². The van der Waals surface area contributed by atoms with E-state index in [9.17, 15) is 4.79 Å². The first-order chi connectivity index (χ1) is 9.33. The number of aromatic nitrogens is 1. The third kappa shape index (κ3) is 1.72. The van der Waals surface area contributed by atoms with Gasteiger partial charge < -0.3 is 4.98 Å². The van der Waals surface area contributed by atoms with Gasteiger partial charge in [-0.05, 0) is 44.3 Å². The summed E-state index contributed by atoms with van der Waals surface area (Å²) in [5.41, 5.74) is 1.93. The first kappa shape index (κ1) is 11.2. The maximum absolute atomic E-state index is 12.8. The molecule has 5 rings (SSSR count). The Kier molecular flexibility index (Phi) is 2.49. The molecule has 3 heteroatoms. The maximum Gasteiger partial charge on any atom is 0.182 e. The van der Waals surface area contributed by atoms with Gasteiger partial charge in [-0.15, -0.1) is 0 Å². The molecule has 2 aromatic rings. The molecule has 0 saturated carbocycles. The topological polar surface area (TPSA) is 36.1 Å². The molecule has 0 radical (unpaired) electrons. The van der Waals surface area contributed by atoms with Gasteiger partial charge in [0.05, 0.1) is 6.04 Å². The Morgan fingerprint density at radius 1 is 1.21 bits per heavy atom. The molecule has 4 heterocycles. The summed E-state index contributed by atoms with van der Waals surface area (Å²) in [5, 5.41) is 1.06. The lowest BCUT2D eigenvalue weighted by atomic mass is 9.80. The van der Waals surface area contributed by atoms with Crippen molar-refractivity contribution in [3.63, 3.8) is 0 Å². The number of aromatic amines is 1. The minimum absolute atomic E-state index is 0.117. The van der Waals surface area contributed by atoms with Gasteiger partial charge in [0.15, 0.2) is 5.78 Å². The molecule has 1 aromatic heterocycles. The van der Waals surface area contributed by atoms with E-state index >= 15 is 0 Å². The number of nitrogens with zero attached hydrogens (tertiary/aromatic N) is 1. The molecule has 1 unspecified atom stereocenters. The second-order valence-electron chi connectivity index (χ2n) is 5.84. The third-order valence-electron chi connectivity index (χ3n) is 4.80. The highest BCUT2D eigenvalue weighted by Crippen LogP contribution is 2.34. The predicted molar refractivity (Wildman–Crippen MR) is 75.3 cm³/mol. The van der Waals surface area contributed by atoms with Crippen LogP contribution in [0.1, 0.15) is 29.6 Å². The van der Waals surface area contributed by atoms with E-state index in [1.807, 2.05) is 30.5 Å². The first-order valence-electron chi connectivity index (χ1n) is 7.17. The van der Waals surface area contributed by atoms with Gasteiger partial charge >= 0.3 is 0 Å². The average Bonchev–Trinajstić information content (AvgIpc) is 2.91. The molecule has 3 aliphatic rings. The fourth-order valence-electron chi connectivity index (χ4n) is 3.69. The smallest absolute Gasteiger partial charge is 0.182 e. The van der Waals surface area contributed by atoms with Crippen molar-refractivity contribution in [1.29, 1.82) is 0 Å². The molecule has 1 atom stereocenters. The van der Waals surface area contributed by atoms with Crippen LogP contribution in [0, 0.1) is 5.92 Å². The van der Waals surface area contributed by atoms with Gasteiger partial charge in [-0.25, -0.2) is 0 Å². The van der Waals surface area contributed by atoms with Crippen LogP contribution < -0.4 is 0 Å². The molecular formula is C16H18N2O. The molecule has 1 N–H and O–H groups in total. The summed E-state index contributed by atoms with van der Waals surface area (Å²) >= 11 is 0. The van der Waals surface area contributed by atoms with Crippen LogP contribution in [0.3, 0.4) is 0 Å². The maximum atomic E-state index is 12.8. The van der Waals surface area contributed by atoms with Crippen LogP contribution in [0.5, 0.6) is 0 Å². The Labute approximate surface area is 112 Å². The molecule has 98 valence electrons. The molecule has 3 saturated heterocycles. The number of rotatable bonds is 2. The Bertz CT molecular complexity index is 622. The van der Waals surface area contributed by atoms with Crippen LogP contribution >= 0.6 is 0 Å². The highest BCUT2D eigenvalue weighted by Gasteiger charge is 2.38. The van der Waals surface area contributed by atoms with Gasteiger partial charge in [0.2, 0.25) is 0 Å². The van der Waals surface area contributed by atoms with E-state index in [1.54, 1.807) is 0 Å². The Hall–Kier alpha value is -1.61. The van der Waals surface area contributed by atoms with Gasteiger partial charge in [-0.2, -0.15) is 0 Å². The van der Waals surface area contributed by atoms with Gasteiger partial charge in [0, 0.05) is 22.7 Å². The molecule has 1 aromatic carbocycles. The van der Waals surface area contributed by atoms with Crippen LogP contribution in [0.2, 0.25) is 0 Å². The standard InChI is InChI=1S/C16H18N2O/c19-16(15-9-11-5-7-18(15)8-6-11)13-10-17-14-4-2-1-3-12(13)14/h1-4,10-11,15,17H,5-9H2. The molecule has 0 aliphatic carbocycles. The zero-order valence-electron chi connectivity index (χ0n) is 10.9. The highest BCUT2D eigenvalue weighted by molar-refractivity contribution is 6.10. The fourth-order valence-corrected chi connectivity index (χ4v) is 3.69. The predicted octanol–water partition coefficient (Wildman–Crippen LogP) is 2.83. The van der Waals surface area contributed by atoms with Crippen molar-refractivity contribution in [1.82, 2.24) is 9.88 Å². The van der Waals surface area contributed by atoms with E-state index in [0.29, 0.717) is 5.78 Å². The van der Waals surface area contributed by atoms with Gasteiger partial charge in [-0.1, -0.05) is 18.2 Å². The first-order valence-corrected chi connectivity index (χ1v) is 7.17. The van der Waals surface area contributed by atoms with Crippen molar-refractivity contribution in [3.8, 4) is 0 Å². The molecule has 3 aliphatic heterocycles. The van der Waals surface area contributed by atoms with Crippen LogP contribution in [-0.2, 0) is 0 Å². The molecule has 3 nitrogen and oxygen atoms in total.